The van der Waals surface area contributed by atoms with Crippen LogP contribution in [0.1, 0.15) is 21.5 Å². The summed E-state index contributed by atoms with van der Waals surface area (Å²) >= 11 is 3.43. The van der Waals surface area contributed by atoms with Gasteiger partial charge in [-0.1, -0.05) is 28.1 Å². The predicted molar refractivity (Wildman–Crippen MR) is 127 cm³/mol. The number of ketones is 1. The van der Waals surface area contributed by atoms with Crippen LogP contribution in [-0.4, -0.2) is 17.5 Å². The molecule has 5 rings (SSSR count). The second-order valence-corrected chi connectivity index (χ2v) is 8.51. The van der Waals surface area contributed by atoms with E-state index in [1.54, 1.807) is 31.4 Å². The number of Topliss-reactive ketones (excluding diaryl/α,β-unsaturated/α-hetero) is 1. The van der Waals surface area contributed by atoms with E-state index < -0.39 is 0 Å². The molecule has 3 aromatic carbocycles. The van der Waals surface area contributed by atoms with E-state index in [-0.39, 0.29) is 5.78 Å². The van der Waals surface area contributed by atoms with Gasteiger partial charge in [-0.3, -0.25) is 4.79 Å². The number of carbonyl (C=O) groups excluding carboxylic acids is 1. The zero-order valence-corrected chi connectivity index (χ0v) is 19.2. The Morgan fingerprint density at radius 2 is 1.81 bits per heavy atom. The molecule has 0 amide bonds. The summed E-state index contributed by atoms with van der Waals surface area (Å²) in [5.41, 5.74) is 3.52. The number of nitrogens with zero attached hydrogens (tertiary/aromatic N) is 1. The number of aryl methyl sites for hydroxylation is 1. The van der Waals surface area contributed by atoms with Crippen LogP contribution in [0.25, 0.3) is 17.0 Å². The second kappa shape index (κ2) is 8.20. The fraction of sp³-hybridized carbons (Fsp3) is 0.115. The highest BCUT2D eigenvalue weighted by Crippen LogP contribution is 2.36. The first-order valence-electron chi connectivity index (χ1n) is 10.1. The third kappa shape index (κ3) is 3.78. The van der Waals surface area contributed by atoms with Gasteiger partial charge in [0.05, 0.1) is 12.7 Å². The van der Waals surface area contributed by atoms with Crippen LogP contribution in [0.15, 0.2) is 77.1 Å². The van der Waals surface area contributed by atoms with Crippen molar-refractivity contribution in [2.45, 2.75) is 6.61 Å². The Morgan fingerprint density at radius 1 is 1.03 bits per heavy atom. The maximum Gasteiger partial charge on any atom is 0.231 e. The van der Waals surface area contributed by atoms with E-state index in [0.717, 1.165) is 32.3 Å². The Hall–Kier alpha value is -3.51. The van der Waals surface area contributed by atoms with Crippen LogP contribution >= 0.6 is 15.9 Å². The fourth-order valence-electron chi connectivity index (χ4n) is 3.79. The number of hydrogen-bond acceptors (Lipinski definition) is 4. The first kappa shape index (κ1) is 20.4. The molecule has 1 aromatic heterocycles. The molecule has 6 heteroatoms. The number of ether oxygens (including phenoxy) is 3. The smallest absolute Gasteiger partial charge is 0.231 e. The molecule has 1 aliphatic rings. The van der Waals surface area contributed by atoms with E-state index in [1.165, 1.54) is 0 Å². The van der Waals surface area contributed by atoms with Crippen molar-refractivity contribution in [1.82, 2.24) is 4.57 Å². The molecule has 4 aromatic rings. The number of fused-ring (bicyclic) bond motifs is 2. The topological polar surface area (TPSA) is 49.7 Å². The summed E-state index contributed by atoms with van der Waals surface area (Å²) in [7, 11) is 3.61. The monoisotopic (exact) mass is 489 g/mol. The van der Waals surface area contributed by atoms with Gasteiger partial charge in [0.1, 0.15) is 23.9 Å². The van der Waals surface area contributed by atoms with E-state index in [2.05, 4.69) is 15.9 Å². The Bertz CT molecular complexity index is 1370. The van der Waals surface area contributed by atoms with Crippen molar-refractivity contribution in [3.05, 3.63) is 93.8 Å². The Morgan fingerprint density at radius 3 is 2.59 bits per heavy atom. The van der Waals surface area contributed by atoms with E-state index in [4.69, 9.17) is 14.2 Å². The summed E-state index contributed by atoms with van der Waals surface area (Å²) < 4.78 is 20.2. The van der Waals surface area contributed by atoms with Crippen molar-refractivity contribution in [2.75, 3.05) is 7.11 Å². The zero-order valence-electron chi connectivity index (χ0n) is 17.6. The van der Waals surface area contributed by atoms with E-state index >= 15 is 0 Å². The molecular weight excluding hydrogens is 470 g/mol. The van der Waals surface area contributed by atoms with Crippen molar-refractivity contribution in [3.63, 3.8) is 0 Å². The molecule has 0 spiro atoms. The molecule has 0 bridgehead atoms. The van der Waals surface area contributed by atoms with Gasteiger partial charge in [-0.25, -0.2) is 0 Å². The molecule has 2 heterocycles. The number of halogens is 1. The zero-order chi connectivity index (χ0) is 22.2. The number of aromatic nitrogens is 1. The first-order chi connectivity index (χ1) is 15.5. The van der Waals surface area contributed by atoms with Crippen LogP contribution in [0.3, 0.4) is 0 Å². The van der Waals surface area contributed by atoms with Crippen LogP contribution in [0, 0.1) is 0 Å². The van der Waals surface area contributed by atoms with Gasteiger partial charge in [0.15, 0.2) is 5.76 Å². The lowest BCUT2D eigenvalue weighted by Crippen LogP contribution is -1.98. The third-order valence-corrected chi connectivity index (χ3v) is 6.00. The van der Waals surface area contributed by atoms with E-state index in [0.29, 0.717) is 29.4 Å². The molecule has 0 saturated heterocycles. The largest absolute Gasteiger partial charge is 0.497 e. The van der Waals surface area contributed by atoms with Crippen molar-refractivity contribution < 1.29 is 19.0 Å². The third-order valence-electron chi connectivity index (χ3n) is 5.47. The quantitative estimate of drug-likeness (QED) is 0.315. The maximum atomic E-state index is 12.9. The number of carbonyl (C=O) groups is 1. The standard InChI is InChI=1S/C26H20BrNO4/c1-28-14-17(22-12-19(30-2)8-10-23(22)28)11-25-26(29)21-9-7-20(13-24(21)32-25)31-15-16-3-5-18(27)6-4-16/h3-14H,15H2,1-2H3/b25-11-. The molecule has 0 atom stereocenters. The maximum absolute atomic E-state index is 12.9. The molecule has 5 nitrogen and oxygen atoms in total. The summed E-state index contributed by atoms with van der Waals surface area (Å²) in [6.07, 6.45) is 3.76. The van der Waals surface area contributed by atoms with Crippen molar-refractivity contribution in [3.8, 4) is 17.2 Å². The number of methoxy groups -OCH3 is 1. The van der Waals surface area contributed by atoms with Crippen LogP contribution in [0.4, 0.5) is 0 Å². The number of allylic oxidation sites excluding steroid dienone is 1. The number of hydrogen-bond donors (Lipinski definition) is 0. The Labute approximate surface area is 194 Å². The van der Waals surface area contributed by atoms with E-state index in [1.807, 2.05) is 60.3 Å². The minimum Gasteiger partial charge on any atom is -0.497 e. The van der Waals surface area contributed by atoms with Crippen LogP contribution in [-0.2, 0) is 13.7 Å². The summed E-state index contributed by atoms with van der Waals surface area (Å²) in [5.74, 6) is 2.07. The molecule has 0 unspecified atom stereocenters. The lowest BCUT2D eigenvalue weighted by atomic mass is 10.1. The predicted octanol–water partition coefficient (Wildman–Crippen LogP) is 6.14. The summed E-state index contributed by atoms with van der Waals surface area (Å²) in [6.45, 7) is 0.431. The summed E-state index contributed by atoms with van der Waals surface area (Å²) in [5, 5.41) is 0.991. The normalized spacial score (nSPS) is 14.0. The van der Waals surface area contributed by atoms with Gasteiger partial charge in [-0.15, -0.1) is 0 Å². The van der Waals surface area contributed by atoms with Crippen molar-refractivity contribution in [2.24, 2.45) is 7.05 Å². The average Bonchev–Trinajstić information content (AvgIpc) is 3.29. The Kier molecular flexibility index (Phi) is 5.23. The highest BCUT2D eigenvalue weighted by Gasteiger charge is 2.28. The molecule has 32 heavy (non-hydrogen) atoms. The second-order valence-electron chi connectivity index (χ2n) is 7.59. The molecule has 1 aliphatic heterocycles. The van der Waals surface area contributed by atoms with Crippen molar-refractivity contribution >= 4 is 38.7 Å². The van der Waals surface area contributed by atoms with Gasteiger partial charge in [-0.2, -0.15) is 0 Å². The fourth-order valence-corrected chi connectivity index (χ4v) is 4.05. The minimum atomic E-state index is -0.139. The molecule has 0 fully saturated rings. The number of benzene rings is 3. The molecule has 0 saturated carbocycles. The van der Waals surface area contributed by atoms with Crippen LogP contribution in [0.2, 0.25) is 0 Å². The van der Waals surface area contributed by atoms with E-state index in [9.17, 15) is 4.79 Å². The minimum absolute atomic E-state index is 0.139. The first-order valence-corrected chi connectivity index (χ1v) is 10.9. The summed E-state index contributed by atoms with van der Waals surface area (Å²) in [4.78, 5) is 12.9. The molecule has 160 valence electrons. The lowest BCUT2D eigenvalue weighted by molar-refractivity contribution is 0.101. The highest BCUT2D eigenvalue weighted by molar-refractivity contribution is 9.10. The van der Waals surface area contributed by atoms with Gasteiger partial charge < -0.3 is 18.8 Å². The molecule has 0 N–H and O–H groups in total. The van der Waals surface area contributed by atoms with Gasteiger partial charge in [0.25, 0.3) is 0 Å². The van der Waals surface area contributed by atoms with Gasteiger partial charge in [-0.05, 0) is 54.1 Å². The summed E-state index contributed by atoms with van der Waals surface area (Å²) in [6, 6.07) is 19.1. The molecule has 0 aliphatic carbocycles. The SMILES string of the molecule is COc1ccc2c(c1)c(/C=C1\Oc3cc(OCc4ccc(Br)cc4)ccc3C1=O)cn2C. The van der Waals surface area contributed by atoms with Gasteiger partial charge in [0, 0.05) is 40.2 Å². The lowest BCUT2D eigenvalue weighted by Gasteiger charge is -2.07. The Balaban J connectivity index is 1.40. The van der Waals surface area contributed by atoms with Gasteiger partial charge >= 0.3 is 0 Å². The molecular formula is C26H20BrNO4. The average molecular weight is 490 g/mol. The van der Waals surface area contributed by atoms with Gasteiger partial charge in [0.2, 0.25) is 5.78 Å². The van der Waals surface area contributed by atoms with Crippen molar-refractivity contribution in [1.29, 1.82) is 0 Å². The molecule has 0 radical (unpaired) electrons. The number of rotatable bonds is 5. The highest BCUT2D eigenvalue weighted by atomic mass is 79.9. The van der Waals surface area contributed by atoms with Crippen LogP contribution in [0.5, 0.6) is 17.2 Å². The van der Waals surface area contributed by atoms with Crippen LogP contribution < -0.4 is 14.2 Å².